The Balaban J connectivity index is 1.96. The normalized spacial score (nSPS) is 9.90. The van der Waals surface area contributed by atoms with Crippen molar-refractivity contribution in [3.8, 4) is 5.75 Å². The maximum Gasteiger partial charge on any atom is 0.175 e. The second kappa shape index (κ2) is 6.91. The number of para-hydroxylation sites is 1. The van der Waals surface area contributed by atoms with Gasteiger partial charge in [-0.05, 0) is 62.0 Å². The summed E-state index contributed by atoms with van der Waals surface area (Å²) in [6, 6.07) is 15.7. The Hall–Kier alpha value is -2.07. The molecule has 0 fully saturated rings. The number of thiocarbonyl (C=S) groups is 1. The Bertz CT molecular complexity index is 581. The number of hydrogen-bond acceptors (Lipinski definition) is 2. The Kier molecular flexibility index (Phi) is 4.96. The molecule has 2 aromatic carbocycles. The van der Waals surface area contributed by atoms with E-state index in [9.17, 15) is 0 Å². The van der Waals surface area contributed by atoms with Crippen molar-refractivity contribution in [2.45, 2.75) is 13.8 Å². The average Bonchev–Trinajstić information content (AvgIpc) is 2.44. The Morgan fingerprint density at radius 1 is 1.05 bits per heavy atom. The van der Waals surface area contributed by atoms with Crippen LogP contribution in [0.3, 0.4) is 0 Å². The van der Waals surface area contributed by atoms with Crippen molar-refractivity contribution >= 4 is 28.7 Å². The van der Waals surface area contributed by atoms with Crippen LogP contribution in [-0.2, 0) is 0 Å². The van der Waals surface area contributed by atoms with Crippen LogP contribution >= 0.6 is 12.2 Å². The highest BCUT2D eigenvalue weighted by molar-refractivity contribution is 7.80. The number of rotatable bonds is 4. The molecule has 20 heavy (non-hydrogen) atoms. The van der Waals surface area contributed by atoms with Crippen LogP contribution in [0.1, 0.15) is 12.5 Å². The summed E-state index contributed by atoms with van der Waals surface area (Å²) >= 11 is 5.31. The molecule has 2 N–H and O–H groups in total. The number of ether oxygens (including phenoxy) is 1. The molecular formula is C16H18N2OS. The zero-order chi connectivity index (χ0) is 14.4. The van der Waals surface area contributed by atoms with Gasteiger partial charge in [-0.2, -0.15) is 0 Å². The van der Waals surface area contributed by atoms with Crippen molar-refractivity contribution < 1.29 is 4.74 Å². The molecule has 3 nitrogen and oxygen atoms in total. The lowest BCUT2D eigenvalue weighted by Gasteiger charge is -2.12. The summed E-state index contributed by atoms with van der Waals surface area (Å²) in [5, 5.41) is 6.91. The third-order valence-corrected chi connectivity index (χ3v) is 3.02. The fraction of sp³-hybridized carbons (Fsp3) is 0.188. The Labute approximate surface area is 125 Å². The van der Waals surface area contributed by atoms with Crippen LogP contribution in [0.2, 0.25) is 0 Å². The van der Waals surface area contributed by atoms with E-state index < -0.39 is 0 Å². The van der Waals surface area contributed by atoms with Gasteiger partial charge in [-0.25, -0.2) is 0 Å². The van der Waals surface area contributed by atoms with Gasteiger partial charge in [0.05, 0.1) is 6.61 Å². The van der Waals surface area contributed by atoms with E-state index in [4.69, 9.17) is 17.0 Å². The standard InChI is InChI=1S/C16H18N2OS/c1-3-19-14-10-8-13(9-11-14)17-16(20)18-15-7-5-4-6-12(15)2/h4-11H,3H2,1-2H3,(H2,17,18,20). The van der Waals surface area contributed by atoms with Gasteiger partial charge in [0, 0.05) is 11.4 Å². The number of hydrogen-bond donors (Lipinski definition) is 2. The van der Waals surface area contributed by atoms with E-state index in [1.165, 1.54) is 0 Å². The van der Waals surface area contributed by atoms with Crippen LogP contribution in [0.15, 0.2) is 48.5 Å². The molecule has 0 bridgehead atoms. The van der Waals surface area contributed by atoms with Crippen molar-refractivity contribution in [2.24, 2.45) is 0 Å². The van der Waals surface area contributed by atoms with Gasteiger partial charge in [0.25, 0.3) is 0 Å². The minimum atomic E-state index is 0.573. The number of aryl methyl sites for hydroxylation is 1. The van der Waals surface area contributed by atoms with Gasteiger partial charge in [-0.3, -0.25) is 0 Å². The van der Waals surface area contributed by atoms with E-state index in [1.54, 1.807) is 0 Å². The van der Waals surface area contributed by atoms with Gasteiger partial charge in [0.2, 0.25) is 0 Å². The SMILES string of the molecule is CCOc1ccc(NC(=S)Nc2ccccc2C)cc1. The second-order valence-electron chi connectivity index (χ2n) is 4.35. The Morgan fingerprint density at radius 2 is 1.75 bits per heavy atom. The summed E-state index contributed by atoms with van der Waals surface area (Å²) in [4.78, 5) is 0. The van der Waals surface area contributed by atoms with Crippen LogP contribution in [0, 0.1) is 6.92 Å². The highest BCUT2D eigenvalue weighted by Gasteiger charge is 2.01. The third kappa shape index (κ3) is 3.96. The molecule has 0 spiro atoms. The minimum Gasteiger partial charge on any atom is -0.494 e. The fourth-order valence-electron chi connectivity index (χ4n) is 1.80. The predicted molar refractivity (Wildman–Crippen MR) is 88.6 cm³/mol. The van der Waals surface area contributed by atoms with E-state index in [0.29, 0.717) is 11.7 Å². The van der Waals surface area contributed by atoms with Gasteiger partial charge in [-0.15, -0.1) is 0 Å². The van der Waals surface area contributed by atoms with E-state index >= 15 is 0 Å². The number of nitrogens with one attached hydrogen (secondary N) is 2. The molecule has 0 amide bonds. The molecule has 0 heterocycles. The van der Waals surface area contributed by atoms with E-state index in [0.717, 1.165) is 22.7 Å². The summed E-state index contributed by atoms with van der Waals surface area (Å²) in [7, 11) is 0. The molecule has 0 aliphatic rings. The molecule has 0 aliphatic carbocycles. The van der Waals surface area contributed by atoms with Gasteiger partial charge < -0.3 is 15.4 Å². The minimum absolute atomic E-state index is 0.573. The molecule has 2 aromatic rings. The van der Waals surface area contributed by atoms with E-state index in [1.807, 2.05) is 62.4 Å². The highest BCUT2D eigenvalue weighted by atomic mass is 32.1. The topological polar surface area (TPSA) is 33.3 Å². The Morgan fingerprint density at radius 3 is 2.40 bits per heavy atom. The van der Waals surface area contributed by atoms with Gasteiger partial charge in [-0.1, -0.05) is 18.2 Å². The molecule has 0 unspecified atom stereocenters. The molecule has 0 radical (unpaired) electrons. The molecule has 4 heteroatoms. The first-order valence-electron chi connectivity index (χ1n) is 6.55. The van der Waals surface area contributed by atoms with Crippen LogP contribution in [0.4, 0.5) is 11.4 Å². The quantitative estimate of drug-likeness (QED) is 0.825. The van der Waals surface area contributed by atoms with Gasteiger partial charge in [0.15, 0.2) is 5.11 Å². The van der Waals surface area contributed by atoms with Gasteiger partial charge in [0.1, 0.15) is 5.75 Å². The maximum atomic E-state index is 5.40. The second-order valence-corrected chi connectivity index (χ2v) is 4.76. The average molecular weight is 286 g/mol. The van der Waals surface area contributed by atoms with E-state index in [2.05, 4.69) is 10.6 Å². The molecule has 0 atom stereocenters. The predicted octanol–water partition coefficient (Wildman–Crippen LogP) is 4.20. The van der Waals surface area contributed by atoms with Crippen LogP contribution in [0.5, 0.6) is 5.75 Å². The number of benzene rings is 2. The summed E-state index contributed by atoms with van der Waals surface area (Å²) in [6.45, 7) is 4.68. The highest BCUT2D eigenvalue weighted by Crippen LogP contribution is 2.17. The molecule has 0 aromatic heterocycles. The molecule has 2 rings (SSSR count). The van der Waals surface area contributed by atoms with Crippen molar-refractivity contribution in [1.82, 2.24) is 0 Å². The molecule has 0 saturated heterocycles. The summed E-state index contributed by atoms with van der Waals surface area (Å²) < 4.78 is 5.40. The first kappa shape index (κ1) is 14.3. The summed E-state index contributed by atoms with van der Waals surface area (Å²) in [5.74, 6) is 0.857. The lowest BCUT2D eigenvalue weighted by molar-refractivity contribution is 0.340. The lowest BCUT2D eigenvalue weighted by Crippen LogP contribution is -2.19. The molecular weight excluding hydrogens is 268 g/mol. The van der Waals surface area contributed by atoms with E-state index in [-0.39, 0.29) is 0 Å². The summed E-state index contributed by atoms with van der Waals surface area (Å²) in [6.07, 6.45) is 0. The zero-order valence-electron chi connectivity index (χ0n) is 11.6. The van der Waals surface area contributed by atoms with Crippen molar-refractivity contribution in [2.75, 3.05) is 17.2 Å². The van der Waals surface area contributed by atoms with Crippen molar-refractivity contribution in [3.63, 3.8) is 0 Å². The van der Waals surface area contributed by atoms with Crippen molar-refractivity contribution in [3.05, 3.63) is 54.1 Å². The largest absolute Gasteiger partial charge is 0.494 e. The lowest BCUT2D eigenvalue weighted by atomic mass is 10.2. The van der Waals surface area contributed by atoms with Crippen LogP contribution < -0.4 is 15.4 Å². The van der Waals surface area contributed by atoms with Gasteiger partial charge >= 0.3 is 0 Å². The number of anilines is 2. The molecule has 0 aliphatic heterocycles. The van der Waals surface area contributed by atoms with Crippen LogP contribution in [0.25, 0.3) is 0 Å². The molecule has 0 saturated carbocycles. The third-order valence-electron chi connectivity index (χ3n) is 2.82. The zero-order valence-corrected chi connectivity index (χ0v) is 12.5. The smallest absolute Gasteiger partial charge is 0.175 e. The van der Waals surface area contributed by atoms with Crippen LogP contribution in [-0.4, -0.2) is 11.7 Å². The maximum absolute atomic E-state index is 5.40. The first-order chi connectivity index (χ1) is 9.69. The monoisotopic (exact) mass is 286 g/mol. The van der Waals surface area contributed by atoms with Crippen molar-refractivity contribution in [1.29, 1.82) is 0 Å². The first-order valence-corrected chi connectivity index (χ1v) is 6.96. The summed E-state index contributed by atoms with van der Waals surface area (Å²) in [5.41, 5.74) is 3.10. The fourth-order valence-corrected chi connectivity index (χ4v) is 2.03. The molecule has 104 valence electrons.